The van der Waals surface area contributed by atoms with E-state index in [1.165, 1.54) is 51.4 Å². The largest absolute Gasteiger partial charge is 0.356 e. The van der Waals surface area contributed by atoms with Crippen LogP contribution in [0.2, 0.25) is 0 Å². The van der Waals surface area contributed by atoms with Crippen molar-refractivity contribution in [2.75, 3.05) is 6.54 Å². The van der Waals surface area contributed by atoms with Gasteiger partial charge in [-0.1, -0.05) is 44.9 Å². The molecule has 0 aromatic rings. The Labute approximate surface area is 117 Å². The smallest absolute Gasteiger partial charge is 0.221 e. The van der Waals surface area contributed by atoms with Crippen molar-refractivity contribution in [2.45, 2.75) is 82.6 Å². The van der Waals surface area contributed by atoms with Gasteiger partial charge in [0.25, 0.3) is 0 Å². The fraction of sp³-hybridized carbons (Fsp3) is 0.938. The topological polar surface area (TPSA) is 55.1 Å². The first-order chi connectivity index (χ1) is 9.18. The number of nitrogens with two attached hydrogens (primary N) is 1. The summed E-state index contributed by atoms with van der Waals surface area (Å²) in [4.78, 5) is 11.9. The average molecular weight is 266 g/mol. The van der Waals surface area contributed by atoms with E-state index in [1.807, 2.05) is 0 Å². The molecule has 19 heavy (non-hydrogen) atoms. The van der Waals surface area contributed by atoms with Crippen LogP contribution in [0.1, 0.15) is 77.0 Å². The number of carbonyl (C=O) groups is 1. The standard InChI is InChI=1S/C16H30N2O/c17-16(10-4-1-5-11-16)13-15(19)18-12-6-9-14-7-2-3-8-14/h14H,1-13,17H2,(H,18,19). The van der Waals surface area contributed by atoms with Gasteiger partial charge in [-0.25, -0.2) is 0 Å². The third kappa shape index (κ3) is 5.13. The summed E-state index contributed by atoms with van der Waals surface area (Å²) in [6.07, 6.45) is 14.3. The van der Waals surface area contributed by atoms with E-state index in [0.29, 0.717) is 6.42 Å². The fourth-order valence-corrected chi connectivity index (χ4v) is 3.73. The fourth-order valence-electron chi connectivity index (χ4n) is 3.73. The maximum Gasteiger partial charge on any atom is 0.221 e. The molecule has 2 aliphatic rings. The molecular weight excluding hydrogens is 236 g/mol. The van der Waals surface area contributed by atoms with Crippen molar-refractivity contribution in [3.8, 4) is 0 Å². The monoisotopic (exact) mass is 266 g/mol. The normalized spacial score (nSPS) is 23.4. The molecular formula is C16H30N2O. The maximum absolute atomic E-state index is 11.9. The van der Waals surface area contributed by atoms with Crippen LogP contribution in [-0.2, 0) is 4.79 Å². The molecule has 0 unspecified atom stereocenters. The number of carbonyl (C=O) groups excluding carboxylic acids is 1. The summed E-state index contributed by atoms with van der Waals surface area (Å²) >= 11 is 0. The van der Waals surface area contributed by atoms with E-state index in [4.69, 9.17) is 5.73 Å². The number of nitrogens with one attached hydrogen (secondary N) is 1. The Morgan fingerprint density at radius 3 is 2.47 bits per heavy atom. The second-order valence-electron chi connectivity index (χ2n) is 6.74. The number of hydrogen-bond donors (Lipinski definition) is 2. The zero-order chi connectivity index (χ0) is 13.6. The lowest BCUT2D eigenvalue weighted by Crippen LogP contribution is -2.46. The van der Waals surface area contributed by atoms with Crippen LogP contribution < -0.4 is 11.1 Å². The van der Waals surface area contributed by atoms with Crippen LogP contribution in [-0.4, -0.2) is 18.0 Å². The highest BCUT2D eigenvalue weighted by molar-refractivity contribution is 5.77. The van der Waals surface area contributed by atoms with Crippen LogP contribution in [0.5, 0.6) is 0 Å². The van der Waals surface area contributed by atoms with Gasteiger partial charge in [0.1, 0.15) is 0 Å². The summed E-state index contributed by atoms with van der Waals surface area (Å²) in [5, 5.41) is 3.06. The molecule has 0 aromatic heterocycles. The first-order valence-electron chi connectivity index (χ1n) is 8.24. The molecule has 0 aliphatic heterocycles. The Balaban J connectivity index is 1.56. The van der Waals surface area contributed by atoms with Gasteiger partial charge < -0.3 is 11.1 Å². The second kappa shape index (κ2) is 7.28. The zero-order valence-corrected chi connectivity index (χ0v) is 12.3. The van der Waals surface area contributed by atoms with Gasteiger partial charge in [-0.3, -0.25) is 4.79 Å². The summed E-state index contributed by atoms with van der Waals surface area (Å²) in [6, 6.07) is 0. The van der Waals surface area contributed by atoms with E-state index in [2.05, 4.69) is 5.32 Å². The summed E-state index contributed by atoms with van der Waals surface area (Å²) in [5.74, 6) is 1.09. The highest BCUT2D eigenvalue weighted by Gasteiger charge is 2.29. The van der Waals surface area contributed by atoms with Crippen LogP contribution in [0.15, 0.2) is 0 Å². The van der Waals surface area contributed by atoms with Crippen LogP contribution in [0.3, 0.4) is 0 Å². The van der Waals surface area contributed by atoms with E-state index in [0.717, 1.165) is 31.7 Å². The van der Waals surface area contributed by atoms with Gasteiger partial charge in [0, 0.05) is 18.5 Å². The number of amides is 1. The Morgan fingerprint density at radius 2 is 1.79 bits per heavy atom. The molecule has 110 valence electrons. The van der Waals surface area contributed by atoms with Crippen LogP contribution in [0.4, 0.5) is 0 Å². The minimum absolute atomic E-state index is 0.163. The molecule has 0 atom stereocenters. The van der Waals surface area contributed by atoms with Gasteiger partial charge in [0.2, 0.25) is 5.91 Å². The second-order valence-corrected chi connectivity index (χ2v) is 6.74. The maximum atomic E-state index is 11.9. The Bertz CT molecular complexity index is 278. The molecule has 0 saturated heterocycles. The molecule has 2 aliphatic carbocycles. The summed E-state index contributed by atoms with van der Waals surface area (Å²) < 4.78 is 0. The summed E-state index contributed by atoms with van der Waals surface area (Å²) in [5.41, 5.74) is 6.09. The molecule has 2 saturated carbocycles. The lowest BCUT2D eigenvalue weighted by Gasteiger charge is -2.32. The van der Waals surface area contributed by atoms with Gasteiger partial charge >= 0.3 is 0 Å². The minimum Gasteiger partial charge on any atom is -0.356 e. The van der Waals surface area contributed by atoms with E-state index in [1.54, 1.807) is 0 Å². The van der Waals surface area contributed by atoms with E-state index in [-0.39, 0.29) is 11.4 Å². The summed E-state index contributed by atoms with van der Waals surface area (Å²) in [6.45, 7) is 0.839. The molecule has 0 spiro atoms. The lowest BCUT2D eigenvalue weighted by molar-refractivity contribution is -0.122. The zero-order valence-electron chi connectivity index (χ0n) is 12.3. The minimum atomic E-state index is -0.214. The highest BCUT2D eigenvalue weighted by Crippen LogP contribution is 2.29. The Hall–Kier alpha value is -0.570. The van der Waals surface area contributed by atoms with Gasteiger partial charge in [-0.2, -0.15) is 0 Å². The molecule has 2 fully saturated rings. The molecule has 3 nitrogen and oxygen atoms in total. The SMILES string of the molecule is NC1(CC(=O)NCCCC2CCCC2)CCCCC1. The highest BCUT2D eigenvalue weighted by atomic mass is 16.1. The quantitative estimate of drug-likeness (QED) is 0.726. The first-order valence-corrected chi connectivity index (χ1v) is 8.24. The van der Waals surface area contributed by atoms with Crippen LogP contribution in [0.25, 0.3) is 0 Å². The molecule has 0 aromatic carbocycles. The van der Waals surface area contributed by atoms with Crippen molar-refractivity contribution in [1.82, 2.24) is 5.32 Å². The predicted molar refractivity (Wildman–Crippen MR) is 78.8 cm³/mol. The van der Waals surface area contributed by atoms with Crippen LogP contribution in [0, 0.1) is 5.92 Å². The Kier molecular flexibility index (Phi) is 5.68. The molecule has 1 amide bonds. The van der Waals surface area contributed by atoms with Gasteiger partial charge in [-0.15, -0.1) is 0 Å². The van der Waals surface area contributed by atoms with Crippen molar-refractivity contribution >= 4 is 5.91 Å². The van der Waals surface area contributed by atoms with Crippen molar-refractivity contribution in [3.05, 3.63) is 0 Å². The molecule has 0 bridgehead atoms. The molecule has 3 heteroatoms. The van der Waals surface area contributed by atoms with E-state index >= 15 is 0 Å². The average Bonchev–Trinajstić information content (AvgIpc) is 2.88. The van der Waals surface area contributed by atoms with Crippen molar-refractivity contribution < 1.29 is 4.79 Å². The van der Waals surface area contributed by atoms with E-state index in [9.17, 15) is 4.79 Å². The number of rotatable bonds is 6. The van der Waals surface area contributed by atoms with E-state index < -0.39 is 0 Å². The third-order valence-corrected chi connectivity index (χ3v) is 4.95. The molecule has 0 heterocycles. The van der Waals surface area contributed by atoms with Crippen molar-refractivity contribution in [3.63, 3.8) is 0 Å². The van der Waals surface area contributed by atoms with Gasteiger partial charge in [0.05, 0.1) is 0 Å². The Morgan fingerprint density at radius 1 is 1.11 bits per heavy atom. The van der Waals surface area contributed by atoms with Gasteiger partial charge in [-0.05, 0) is 31.6 Å². The molecule has 3 N–H and O–H groups in total. The van der Waals surface area contributed by atoms with Gasteiger partial charge in [0.15, 0.2) is 0 Å². The number of hydrogen-bond acceptors (Lipinski definition) is 2. The molecule has 0 radical (unpaired) electrons. The summed E-state index contributed by atoms with van der Waals surface area (Å²) in [7, 11) is 0. The first kappa shape index (κ1) is 14.8. The van der Waals surface area contributed by atoms with Crippen molar-refractivity contribution in [2.24, 2.45) is 11.7 Å². The lowest BCUT2D eigenvalue weighted by atomic mass is 9.80. The molecule has 2 rings (SSSR count). The predicted octanol–water partition coefficient (Wildman–Crippen LogP) is 3.12. The van der Waals surface area contributed by atoms with Crippen molar-refractivity contribution in [1.29, 1.82) is 0 Å². The van der Waals surface area contributed by atoms with Crippen LogP contribution >= 0.6 is 0 Å². The third-order valence-electron chi connectivity index (χ3n) is 4.95.